The lowest BCUT2D eigenvalue weighted by Gasteiger charge is -2.23. The minimum Gasteiger partial charge on any atom is -0.479 e. The lowest BCUT2D eigenvalue weighted by atomic mass is 10.0. The number of carboxylic acid groups (broad SMARTS) is 1. The molecule has 0 saturated carbocycles. The molecular weight excluding hydrogens is 238 g/mol. The lowest BCUT2D eigenvalue weighted by molar-refractivity contribution is -0.142. The third-order valence-electron chi connectivity index (χ3n) is 1.76. The van der Waals surface area contributed by atoms with Crippen LogP contribution < -0.4 is 0 Å². The van der Waals surface area contributed by atoms with Gasteiger partial charge in [-0.15, -0.1) is 0 Å². The van der Waals surface area contributed by atoms with E-state index >= 15 is 0 Å². The largest absolute Gasteiger partial charge is 0.479 e. The molecule has 0 aromatic rings. The van der Waals surface area contributed by atoms with Crippen molar-refractivity contribution in [2.24, 2.45) is 5.16 Å². The van der Waals surface area contributed by atoms with Crippen LogP contribution in [-0.4, -0.2) is 80.5 Å². The molecule has 0 radical (unpaired) electrons. The average molecular weight is 253 g/mol. The van der Waals surface area contributed by atoms with E-state index in [0.717, 1.165) is 0 Å². The fraction of sp³-hybridized carbons (Fsp3) is 0.750. The zero-order chi connectivity index (χ0) is 13.4. The van der Waals surface area contributed by atoms with Crippen LogP contribution in [0.3, 0.4) is 0 Å². The minimum atomic E-state index is -1.80. The van der Waals surface area contributed by atoms with Crippen molar-refractivity contribution in [3.05, 3.63) is 0 Å². The quantitative estimate of drug-likeness (QED) is 0.192. The molecule has 0 aliphatic rings. The van der Waals surface area contributed by atoms with Gasteiger partial charge in [0.05, 0.1) is 12.8 Å². The van der Waals surface area contributed by atoms with Crippen molar-refractivity contribution in [3.8, 4) is 0 Å². The summed E-state index contributed by atoms with van der Waals surface area (Å²) in [5, 5.41) is 56.3. The smallest absolute Gasteiger partial charge is 0.344 e. The van der Waals surface area contributed by atoms with E-state index in [1.807, 2.05) is 0 Å². The number of carboxylic acids is 1. The SMILES string of the molecule is O=C(O)CON=CC(O)C(O)C(O)C(O)CO. The van der Waals surface area contributed by atoms with Crippen molar-refractivity contribution >= 4 is 12.2 Å². The molecule has 0 rings (SSSR count). The monoisotopic (exact) mass is 253 g/mol. The zero-order valence-electron chi connectivity index (χ0n) is 8.75. The second kappa shape index (κ2) is 7.92. The molecule has 4 atom stereocenters. The number of aliphatic hydroxyl groups is 5. The summed E-state index contributed by atoms with van der Waals surface area (Å²) in [4.78, 5) is 14.2. The molecule has 0 amide bonds. The van der Waals surface area contributed by atoms with Crippen LogP contribution in [0.2, 0.25) is 0 Å². The molecule has 9 nitrogen and oxygen atoms in total. The van der Waals surface area contributed by atoms with Crippen molar-refractivity contribution < 1.29 is 40.3 Å². The summed E-state index contributed by atoms with van der Waals surface area (Å²) in [6.07, 6.45) is -6.22. The Morgan fingerprint density at radius 1 is 1.24 bits per heavy atom. The summed E-state index contributed by atoms with van der Waals surface area (Å²) in [7, 11) is 0. The van der Waals surface area contributed by atoms with Crippen molar-refractivity contribution in [1.29, 1.82) is 0 Å². The molecule has 0 aliphatic heterocycles. The van der Waals surface area contributed by atoms with Gasteiger partial charge in [0.2, 0.25) is 6.61 Å². The summed E-state index contributed by atoms with van der Waals surface area (Å²) in [5.74, 6) is -1.27. The van der Waals surface area contributed by atoms with Gasteiger partial charge in [-0.2, -0.15) is 0 Å². The van der Waals surface area contributed by atoms with Crippen LogP contribution in [0.15, 0.2) is 5.16 Å². The topological polar surface area (TPSA) is 160 Å². The van der Waals surface area contributed by atoms with Gasteiger partial charge in [-0.3, -0.25) is 0 Å². The van der Waals surface area contributed by atoms with Crippen LogP contribution >= 0.6 is 0 Å². The molecule has 0 fully saturated rings. The Morgan fingerprint density at radius 2 is 1.82 bits per heavy atom. The molecule has 0 saturated heterocycles. The van der Waals surface area contributed by atoms with E-state index in [1.165, 1.54) is 0 Å². The highest BCUT2D eigenvalue weighted by atomic mass is 16.6. The molecule has 100 valence electrons. The number of rotatable bonds is 8. The maximum Gasteiger partial charge on any atom is 0.344 e. The van der Waals surface area contributed by atoms with Crippen molar-refractivity contribution in [2.45, 2.75) is 24.4 Å². The molecule has 4 unspecified atom stereocenters. The normalized spacial score (nSPS) is 18.6. The molecule has 0 bridgehead atoms. The minimum absolute atomic E-state index is 0.654. The van der Waals surface area contributed by atoms with Gasteiger partial charge in [-0.1, -0.05) is 5.16 Å². The number of oxime groups is 1. The third kappa shape index (κ3) is 6.14. The van der Waals surface area contributed by atoms with Crippen molar-refractivity contribution in [1.82, 2.24) is 0 Å². The van der Waals surface area contributed by atoms with E-state index in [4.69, 9.17) is 15.3 Å². The summed E-state index contributed by atoms with van der Waals surface area (Å²) < 4.78 is 0. The number of aliphatic carboxylic acids is 1. The van der Waals surface area contributed by atoms with Gasteiger partial charge >= 0.3 is 5.97 Å². The molecule has 0 aliphatic carbocycles. The van der Waals surface area contributed by atoms with Gasteiger partial charge in [-0.25, -0.2) is 4.79 Å². The van der Waals surface area contributed by atoms with Gasteiger partial charge in [-0.05, 0) is 0 Å². The van der Waals surface area contributed by atoms with Crippen LogP contribution in [0.1, 0.15) is 0 Å². The maximum absolute atomic E-state index is 10.0. The highest BCUT2D eigenvalue weighted by Crippen LogP contribution is 2.03. The van der Waals surface area contributed by atoms with Crippen molar-refractivity contribution in [3.63, 3.8) is 0 Å². The fourth-order valence-electron chi connectivity index (χ4n) is 0.824. The Balaban J connectivity index is 4.12. The highest BCUT2D eigenvalue weighted by Gasteiger charge is 2.29. The third-order valence-corrected chi connectivity index (χ3v) is 1.76. The second-order valence-corrected chi connectivity index (χ2v) is 3.14. The van der Waals surface area contributed by atoms with E-state index < -0.39 is 43.6 Å². The van der Waals surface area contributed by atoms with Gasteiger partial charge in [0.25, 0.3) is 0 Å². The fourth-order valence-corrected chi connectivity index (χ4v) is 0.824. The van der Waals surface area contributed by atoms with Gasteiger partial charge in [0, 0.05) is 0 Å². The Bertz CT molecular complexity index is 258. The number of carbonyl (C=O) groups is 1. The van der Waals surface area contributed by atoms with Crippen LogP contribution in [0.4, 0.5) is 0 Å². The molecular formula is C8H15NO8. The molecule has 17 heavy (non-hydrogen) atoms. The molecule has 0 aromatic heterocycles. The summed E-state index contributed by atoms with van der Waals surface area (Å²) >= 11 is 0. The maximum atomic E-state index is 10.0. The first kappa shape index (κ1) is 15.7. The van der Waals surface area contributed by atoms with E-state index in [9.17, 15) is 20.1 Å². The molecule has 9 heteroatoms. The average Bonchev–Trinajstić information content (AvgIpc) is 2.31. The van der Waals surface area contributed by atoms with Crippen LogP contribution in [0.25, 0.3) is 0 Å². The predicted molar refractivity (Wildman–Crippen MR) is 53.2 cm³/mol. The van der Waals surface area contributed by atoms with Crippen LogP contribution in [-0.2, 0) is 9.63 Å². The predicted octanol–water partition coefficient (Wildman–Crippen LogP) is -3.49. The molecule has 0 aromatic carbocycles. The Kier molecular flexibility index (Phi) is 7.34. The molecule has 6 N–H and O–H groups in total. The van der Waals surface area contributed by atoms with Gasteiger partial charge < -0.3 is 35.5 Å². The number of nitrogens with zero attached hydrogens (tertiary/aromatic N) is 1. The van der Waals surface area contributed by atoms with E-state index in [2.05, 4.69) is 9.99 Å². The Hall–Kier alpha value is -1.26. The second-order valence-electron chi connectivity index (χ2n) is 3.14. The Morgan fingerprint density at radius 3 is 2.29 bits per heavy atom. The van der Waals surface area contributed by atoms with E-state index in [0.29, 0.717) is 6.21 Å². The molecule has 0 spiro atoms. The molecule has 0 heterocycles. The van der Waals surface area contributed by atoms with Crippen molar-refractivity contribution in [2.75, 3.05) is 13.2 Å². The zero-order valence-corrected chi connectivity index (χ0v) is 8.75. The lowest BCUT2D eigenvalue weighted by Crippen LogP contribution is -2.46. The summed E-state index contributed by atoms with van der Waals surface area (Å²) in [5.41, 5.74) is 0. The van der Waals surface area contributed by atoms with Crippen LogP contribution in [0, 0.1) is 0 Å². The first-order valence-corrected chi connectivity index (χ1v) is 4.60. The standard InChI is InChI=1S/C8H15NO8/c10-2-5(12)8(16)7(15)4(11)1-9-17-3-6(13)14/h1,4-5,7-8,10-12,15-16H,2-3H2,(H,13,14). The number of hydrogen-bond acceptors (Lipinski definition) is 8. The van der Waals surface area contributed by atoms with Gasteiger partial charge in [0.1, 0.15) is 24.4 Å². The first-order valence-electron chi connectivity index (χ1n) is 4.60. The Labute approximate surface area is 96.2 Å². The van der Waals surface area contributed by atoms with E-state index in [-0.39, 0.29) is 0 Å². The summed E-state index contributed by atoms with van der Waals surface area (Å²) in [6.45, 7) is -1.52. The first-order chi connectivity index (χ1) is 7.90. The summed E-state index contributed by atoms with van der Waals surface area (Å²) in [6, 6.07) is 0. The number of aliphatic hydroxyl groups excluding tert-OH is 5. The van der Waals surface area contributed by atoms with Crippen LogP contribution in [0.5, 0.6) is 0 Å². The highest BCUT2D eigenvalue weighted by molar-refractivity contribution is 5.68. The van der Waals surface area contributed by atoms with E-state index in [1.54, 1.807) is 0 Å². The van der Waals surface area contributed by atoms with Gasteiger partial charge in [0.15, 0.2) is 0 Å². The number of hydrogen-bond donors (Lipinski definition) is 6.